The molecule has 0 aliphatic rings. The first-order valence-electron chi connectivity index (χ1n) is 28.7. The quantitative estimate of drug-likeness (QED) is 0.0262. The number of ether oxygens (including phenoxy) is 3. The number of unbranched alkanes of at least 4 members (excludes halogenated alkanes) is 24. The average molecular weight is 960 g/mol. The summed E-state index contributed by atoms with van der Waals surface area (Å²) in [6.07, 6.45) is 75.3. The largest absolute Gasteiger partial charge is 0.462 e. The van der Waals surface area contributed by atoms with Crippen molar-refractivity contribution in [2.45, 2.75) is 271 Å². The highest BCUT2D eigenvalue weighted by Gasteiger charge is 2.19. The third kappa shape index (κ3) is 55.1. The third-order valence-electron chi connectivity index (χ3n) is 12.1. The number of allylic oxidation sites excluding steroid dienone is 16. The summed E-state index contributed by atoms with van der Waals surface area (Å²) < 4.78 is 16.8. The molecule has 394 valence electrons. The summed E-state index contributed by atoms with van der Waals surface area (Å²) in [7, 11) is 0. The van der Waals surface area contributed by atoms with Crippen LogP contribution in [0.5, 0.6) is 0 Å². The second-order valence-electron chi connectivity index (χ2n) is 18.8. The van der Waals surface area contributed by atoms with E-state index in [1.807, 2.05) is 0 Å². The Kier molecular flexibility index (Phi) is 53.9. The fourth-order valence-electron chi connectivity index (χ4n) is 7.77. The van der Waals surface area contributed by atoms with Crippen LogP contribution in [0.15, 0.2) is 97.2 Å². The van der Waals surface area contributed by atoms with Crippen LogP contribution in [0.4, 0.5) is 0 Å². The van der Waals surface area contributed by atoms with Crippen LogP contribution in [0, 0.1) is 0 Å². The molecule has 0 rings (SSSR count). The van der Waals surface area contributed by atoms with Gasteiger partial charge in [-0.05, 0) is 103 Å². The van der Waals surface area contributed by atoms with Crippen molar-refractivity contribution in [1.82, 2.24) is 0 Å². The van der Waals surface area contributed by atoms with E-state index in [1.54, 1.807) is 0 Å². The minimum Gasteiger partial charge on any atom is -0.462 e. The maximum atomic E-state index is 12.9. The van der Waals surface area contributed by atoms with Gasteiger partial charge in [-0.1, -0.05) is 240 Å². The summed E-state index contributed by atoms with van der Waals surface area (Å²) in [4.78, 5) is 38.2. The van der Waals surface area contributed by atoms with E-state index in [1.165, 1.54) is 103 Å². The predicted octanol–water partition coefficient (Wildman–Crippen LogP) is 19.3. The van der Waals surface area contributed by atoms with Crippen molar-refractivity contribution in [3.63, 3.8) is 0 Å². The molecule has 0 unspecified atom stereocenters. The van der Waals surface area contributed by atoms with Crippen LogP contribution in [0.1, 0.15) is 265 Å². The fourth-order valence-corrected chi connectivity index (χ4v) is 7.77. The van der Waals surface area contributed by atoms with Crippen LogP contribution in [0.2, 0.25) is 0 Å². The highest BCUT2D eigenvalue weighted by atomic mass is 16.6. The number of hydrogen-bond acceptors (Lipinski definition) is 6. The van der Waals surface area contributed by atoms with Crippen LogP contribution in [-0.2, 0) is 28.6 Å². The lowest BCUT2D eigenvalue weighted by Crippen LogP contribution is -2.30. The number of carbonyl (C=O) groups excluding carboxylic acids is 3. The van der Waals surface area contributed by atoms with Gasteiger partial charge < -0.3 is 14.2 Å². The standard InChI is InChI=1S/C63H106O6/c1-4-7-10-13-16-19-22-25-28-30-31-33-35-38-41-44-47-50-53-56-62(65)68-59-60(58-67-61(64)55-52-49-46-43-40-37-34-27-24-21-18-15-12-9-6-3)69-63(66)57-54-51-48-45-42-39-36-32-29-26-23-20-17-14-11-8-5-2/h7,10,16-17,19-20,25-26,28-29,31,33,36,38-39,41,60H,4-6,8-9,11-15,18,21-24,27,30,32,34-35,37,40,42-59H2,1-3H3/b10-7-,19-16-,20-17-,28-25-,29-26-,33-31-,39-36-,41-38-/t60-/m0/s1. The van der Waals surface area contributed by atoms with Gasteiger partial charge in [0.25, 0.3) is 0 Å². The Labute approximate surface area is 426 Å². The van der Waals surface area contributed by atoms with Gasteiger partial charge in [0.05, 0.1) is 0 Å². The molecule has 0 aliphatic heterocycles. The second kappa shape index (κ2) is 56.9. The molecule has 0 saturated heterocycles. The minimum absolute atomic E-state index is 0.0961. The predicted molar refractivity (Wildman–Crippen MR) is 297 cm³/mol. The van der Waals surface area contributed by atoms with Gasteiger partial charge in [0, 0.05) is 19.3 Å². The summed E-state index contributed by atoms with van der Waals surface area (Å²) in [6.45, 7) is 6.46. The zero-order valence-corrected chi connectivity index (χ0v) is 45.0. The number of hydrogen-bond donors (Lipinski definition) is 0. The molecular formula is C63H106O6. The van der Waals surface area contributed by atoms with Crippen molar-refractivity contribution in [2.24, 2.45) is 0 Å². The van der Waals surface area contributed by atoms with Crippen LogP contribution >= 0.6 is 0 Å². The molecule has 0 aromatic heterocycles. The van der Waals surface area contributed by atoms with E-state index in [0.717, 1.165) is 122 Å². The number of rotatable bonds is 51. The molecule has 0 heterocycles. The third-order valence-corrected chi connectivity index (χ3v) is 12.1. The number of esters is 3. The SMILES string of the molecule is CC/C=C\C/C=C\C/C=C\C/C=C\C/C=C\CCCCCC(=O)OC[C@H](COC(=O)CCCCCCCCCCCCCCCCC)OC(=O)CCCCCC/C=C\C/C=C\C/C=C\CCCCC. The van der Waals surface area contributed by atoms with Crippen molar-refractivity contribution < 1.29 is 28.6 Å². The average Bonchev–Trinajstić information content (AvgIpc) is 3.35. The van der Waals surface area contributed by atoms with Crippen molar-refractivity contribution in [1.29, 1.82) is 0 Å². The van der Waals surface area contributed by atoms with Gasteiger partial charge in [0.15, 0.2) is 6.10 Å². The lowest BCUT2D eigenvalue weighted by molar-refractivity contribution is -0.167. The summed E-state index contributed by atoms with van der Waals surface area (Å²) in [6, 6.07) is 0. The first kappa shape index (κ1) is 65.3. The molecule has 0 aliphatic carbocycles. The second-order valence-corrected chi connectivity index (χ2v) is 18.8. The Bertz CT molecular complexity index is 1380. The summed E-state index contributed by atoms with van der Waals surface area (Å²) in [5.74, 6) is -0.947. The molecular weight excluding hydrogens is 853 g/mol. The highest BCUT2D eigenvalue weighted by Crippen LogP contribution is 2.15. The molecule has 0 amide bonds. The molecule has 0 aromatic rings. The van der Waals surface area contributed by atoms with Gasteiger partial charge in [0.1, 0.15) is 13.2 Å². The van der Waals surface area contributed by atoms with Gasteiger partial charge in [0.2, 0.25) is 0 Å². The first-order chi connectivity index (χ1) is 34.0. The van der Waals surface area contributed by atoms with Crippen LogP contribution in [-0.4, -0.2) is 37.2 Å². The molecule has 0 spiro atoms. The van der Waals surface area contributed by atoms with Gasteiger partial charge in [-0.3, -0.25) is 14.4 Å². The molecule has 6 heteroatoms. The molecule has 0 fully saturated rings. The molecule has 0 aromatic carbocycles. The van der Waals surface area contributed by atoms with Crippen molar-refractivity contribution >= 4 is 17.9 Å². The Morgan fingerprint density at radius 1 is 0.304 bits per heavy atom. The zero-order valence-electron chi connectivity index (χ0n) is 45.0. The first-order valence-corrected chi connectivity index (χ1v) is 28.7. The van der Waals surface area contributed by atoms with Crippen molar-refractivity contribution in [3.8, 4) is 0 Å². The Hall–Kier alpha value is -3.67. The molecule has 0 saturated carbocycles. The summed E-state index contributed by atoms with van der Waals surface area (Å²) in [5, 5.41) is 0. The Balaban J connectivity index is 4.49. The molecule has 0 radical (unpaired) electrons. The van der Waals surface area contributed by atoms with Gasteiger partial charge >= 0.3 is 17.9 Å². The molecule has 0 bridgehead atoms. The monoisotopic (exact) mass is 959 g/mol. The van der Waals surface area contributed by atoms with E-state index in [9.17, 15) is 14.4 Å². The lowest BCUT2D eigenvalue weighted by atomic mass is 10.0. The fraction of sp³-hybridized carbons (Fsp3) is 0.698. The highest BCUT2D eigenvalue weighted by molar-refractivity contribution is 5.71. The van der Waals surface area contributed by atoms with E-state index >= 15 is 0 Å². The van der Waals surface area contributed by atoms with Gasteiger partial charge in [-0.15, -0.1) is 0 Å². The normalized spacial score (nSPS) is 12.8. The van der Waals surface area contributed by atoms with E-state index < -0.39 is 6.10 Å². The summed E-state index contributed by atoms with van der Waals surface area (Å²) in [5.41, 5.74) is 0. The smallest absolute Gasteiger partial charge is 0.306 e. The van der Waals surface area contributed by atoms with Gasteiger partial charge in [-0.2, -0.15) is 0 Å². The summed E-state index contributed by atoms with van der Waals surface area (Å²) >= 11 is 0. The Morgan fingerprint density at radius 3 is 0.928 bits per heavy atom. The number of carbonyl (C=O) groups is 3. The maximum Gasteiger partial charge on any atom is 0.306 e. The molecule has 1 atom stereocenters. The van der Waals surface area contributed by atoms with Crippen LogP contribution < -0.4 is 0 Å². The maximum absolute atomic E-state index is 12.9. The minimum atomic E-state index is -0.803. The molecule has 69 heavy (non-hydrogen) atoms. The topological polar surface area (TPSA) is 78.9 Å². The van der Waals surface area contributed by atoms with E-state index in [4.69, 9.17) is 14.2 Å². The Morgan fingerprint density at radius 2 is 0.565 bits per heavy atom. The van der Waals surface area contributed by atoms with E-state index in [-0.39, 0.29) is 31.1 Å². The van der Waals surface area contributed by atoms with E-state index in [0.29, 0.717) is 19.3 Å². The van der Waals surface area contributed by atoms with E-state index in [2.05, 4.69) is 118 Å². The molecule has 0 N–H and O–H groups in total. The van der Waals surface area contributed by atoms with Gasteiger partial charge in [-0.25, -0.2) is 0 Å². The van der Waals surface area contributed by atoms with Crippen LogP contribution in [0.25, 0.3) is 0 Å². The zero-order chi connectivity index (χ0) is 50.0. The lowest BCUT2D eigenvalue weighted by Gasteiger charge is -2.18. The van der Waals surface area contributed by atoms with Crippen molar-refractivity contribution in [2.75, 3.05) is 13.2 Å². The molecule has 6 nitrogen and oxygen atoms in total. The van der Waals surface area contributed by atoms with Crippen molar-refractivity contribution in [3.05, 3.63) is 97.2 Å². The van der Waals surface area contributed by atoms with Crippen LogP contribution in [0.3, 0.4) is 0 Å².